The van der Waals surface area contributed by atoms with Gasteiger partial charge in [-0.2, -0.15) is 5.10 Å². The van der Waals surface area contributed by atoms with Crippen LogP contribution in [0.2, 0.25) is 0 Å². The first-order chi connectivity index (χ1) is 7.45. The van der Waals surface area contributed by atoms with E-state index in [0.29, 0.717) is 0 Å². The molecule has 0 atom stereocenters. The fourth-order valence-corrected chi connectivity index (χ4v) is 1.29. The van der Waals surface area contributed by atoms with E-state index in [2.05, 4.69) is 25.5 Å². The summed E-state index contributed by atoms with van der Waals surface area (Å²) in [7, 11) is 0. The molecule has 2 rings (SSSR count). The Bertz CT molecular complexity index is 370. The van der Waals surface area contributed by atoms with Gasteiger partial charge in [-0.3, -0.25) is 10.1 Å². The molecule has 0 radical (unpaired) electrons. The van der Waals surface area contributed by atoms with Gasteiger partial charge in [0.05, 0.1) is 0 Å². The van der Waals surface area contributed by atoms with Crippen LogP contribution in [0.5, 0.6) is 0 Å². The summed E-state index contributed by atoms with van der Waals surface area (Å²) >= 11 is 0. The Morgan fingerprint density at radius 3 is 2.87 bits per heavy atom. The molecule has 0 fully saturated rings. The van der Waals surface area contributed by atoms with Crippen LogP contribution in [0.4, 0.5) is 0 Å². The van der Waals surface area contributed by atoms with Crippen LogP contribution in [-0.4, -0.2) is 26.7 Å². The third kappa shape index (κ3) is 3.14. The highest BCUT2D eigenvalue weighted by atomic mass is 15.2. The zero-order chi connectivity index (χ0) is 10.3. The van der Waals surface area contributed by atoms with Gasteiger partial charge in [0.1, 0.15) is 12.2 Å². The van der Waals surface area contributed by atoms with Crippen molar-refractivity contribution in [3.63, 3.8) is 0 Å². The molecule has 2 heterocycles. The lowest BCUT2D eigenvalue weighted by atomic mass is 10.2. The zero-order valence-electron chi connectivity index (χ0n) is 8.35. The summed E-state index contributed by atoms with van der Waals surface area (Å²) in [6.07, 6.45) is 5.99. The average molecular weight is 203 g/mol. The van der Waals surface area contributed by atoms with Crippen LogP contribution in [0, 0.1) is 0 Å². The molecule has 0 saturated carbocycles. The molecule has 0 unspecified atom stereocenters. The van der Waals surface area contributed by atoms with E-state index in [9.17, 15) is 0 Å². The SMILES string of the molecule is c1cc(CNCCc2ncn[nH]2)ccn1. The van der Waals surface area contributed by atoms with Gasteiger partial charge in [-0.25, -0.2) is 4.98 Å². The highest BCUT2D eigenvalue weighted by Crippen LogP contribution is 1.94. The molecule has 0 spiro atoms. The number of nitrogens with one attached hydrogen (secondary N) is 2. The minimum Gasteiger partial charge on any atom is -0.312 e. The molecule has 78 valence electrons. The maximum absolute atomic E-state index is 4.04. The number of hydrogen-bond acceptors (Lipinski definition) is 4. The van der Waals surface area contributed by atoms with Crippen LogP contribution < -0.4 is 5.32 Å². The molecule has 5 heteroatoms. The summed E-state index contributed by atoms with van der Waals surface area (Å²) in [5.74, 6) is 0.914. The minimum atomic E-state index is 0.858. The molecular weight excluding hydrogens is 190 g/mol. The summed E-state index contributed by atoms with van der Waals surface area (Å²) in [6, 6.07) is 4.00. The molecular formula is C10H13N5. The van der Waals surface area contributed by atoms with Crippen LogP contribution in [0.1, 0.15) is 11.4 Å². The maximum Gasteiger partial charge on any atom is 0.137 e. The van der Waals surface area contributed by atoms with E-state index in [0.717, 1.165) is 25.3 Å². The van der Waals surface area contributed by atoms with Gasteiger partial charge in [0.25, 0.3) is 0 Å². The highest BCUT2D eigenvalue weighted by Gasteiger charge is 1.95. The van der Waals surface area contributed by atoms with Gasteiger partial charge in [0.2, 0.25) is 0 Å². The van der Waals surface area contributed by atoms with E-state index < -0.39 is 0 Å². The van der Waals surface area contributed by atoms with E-state index >= 15 is 0 Å². The van der Waals surface area contributed by atoms with E-state index in [1.54, 1.807) is 12.4 Å². The normalized spacial score (nSPS) is 10.4. The van der Waals surface area contributed by atoms with Crippen molar-refractivity contribution in [3.8, 4) is 0 Å². The third-order valence-corrected chi connectivity index (χ3v) is 2.08. The van der Waals surface area contributed by atoms with Crippen molar-refractivity contribution in [2.24, 2.45) is 0 Å². The summed E-state index contributed by atoms with van der Waals surface area (Å²) in [5, 5.41) is 9.94. The van der Waals surface area contributed by atoms with E-state index in [1.165, 1.54) is 11.9 Å². The highest BCUT2D eigenvalue weighted by molar-refractivity contribution is 5.08. The lowest BCUT2D eigenvalue weighted by Crippen LogP contribution is -2.17. The van der Waals surface area contributed by atoms with Gasteiger partial charge < -0.3 is 5.32 Å². The first kappa shape index (κ1) is 9.79. The van der Waals surface area contributed by atoms with Crippen LogP contribution in [0.3, 0.4) is 0 Å². The molecule has 5 nitrogen and oxygen atoms in total. The largest absolute Gasteiger partial charge is 0.312 e. The molecule has 0 saturated heterocycles. The standard InChI is InChI=1S/C10H13N5/c1-4-11-5-2-9(1)7-12-6-3-10-13-8-14-15-10/h1-2,4-5,8,12H,3,6-7H2,(H,13,14,15). The van der Waals surface area contributed by atoms with Crippen molar-refractivity contribution in [3.05, 3.63) is 42.2 Å². The molecule has 0 aliphatic carbocycles. The van der Waals surface area contributed by atoms with E-state index in [4.69, 9.17) is 0 Å². The van der Waals surface area contributed by atoms with Gasteiger partial charge in [0.15, 0.2) is 0 Å². The van der Waals surface area contributed by atoms with Crippen molar-refractivity contribution >= 4 is 0 Å². The first-order valence-corrected chi connectivity index (χ1v) is 4.89. The van der Waals surface area contributed by atoms with Crippen LogP contribution in [0.15, 0.2) is 30.9 Å². The van der Waals surface area contributed by atoms with E-state index in [-0.39, 0.29) is 0 Å². The lowest BCUT2D eigenvalue weighted by molar-refractivity contribution is 0.671. The average Bonchev–Trinajstić information content (AvgIpc) is 2.79. The van der Waals surface area contributed by atoms with Crippen molar-refractivity contribution in [2.75, 3.05) is 6.54 Å². The second-order valence-corrected chi connectivity index (χ2v) is 3.21. The summed E-state index contributed by atoms with van der Waals surface area (Å²) < 4.78 is 0. The lowest BCUT2D eigenvalue weighted by Gasteiger charge is -2.02. The fourth-order valence-electron chi connectivity index (χ4n) is 1.29. The molecule has 15 heavy (non-hydrogen) atoms. The zero-order valence-corrected chi connectivity index (χ0v) is 8.35. The number of hydrogen-bond donors (Lipinski definition) is 2. The molecule has 0 amide bonds. The Kier molecular flexibility index (Phi) is 3.40. The predicted molar refractivity (Wildman–Crippen MR) is 56.0 cm³/mol. The molecule has 0 aliphatic heterocycles. The number of aromatic nitrogens is 4. The van der Waals surface area contributed by atoms with Gasteiger partial charge in [0, 0.05) is 31.9 Å². The van der Waals surface area contributed by atoms with Crippen LogP contribution >= 0.6 is 0 Å². The summed E-state index contributed by atoms with van der Waals surface area (Å²) in [6.45, 7) is 1.74. The smallest absolute Gasteiger partial charge is 0.137 e. The van der Waals surface area contributed by atoms with Crippen molar-refractivity contribution in [1.82, 2.24) is 25.5 Å². The summed E-state index contributed by atoms with van der Waals surface area (Å²) in [4.78, 5) is 8.01. The second kappa shape index (κ2) is 5.21. The number of pyridine rings is 1. The van der Waals surface area contributed by atoms with Crippen LogP contribution in [-0.2, 0) is 13.0 Å². The minimum absolute atomic E-state index is 0.858. The van der Waals surface area contributed by atoms with Gasteiger partial charge >= 0.3 is 0 Å². The first-order valence-electron chi connectivity index (χ1n) is 4.89. The molecule has 2 aromatic rings. The molecule has 0 bridgehead atoms. The number of H-pyrrole nitrogens is 1. The number of aromatic amines is 1. The third-order valence-electron chi connectivity index (χ3n) is 2.08. The summed E-state index contributed by atoms with van der Waals surface area (Å²) in [5.41, 5.74) is 1.24. The monoisotopic (exact) mass is 203 g/mol. The Hall–Kier alpha value is -1.75. The Balaban J connectivity index is 1.68. The van der Waals surface area contributed by atoms with Crippen molar-refractivity contribution < 1.29 is 0 Å². The van der Waals surface area contributed by atoms with Crippen molar-refractivity contribution in [1.29, 1.82) is 0 Å². The molecule has 0 aromatic carbocycles. The Labute approximate surface area is 88.0 Å². The predicted octanol–water partition coefficient (Wildman–Crippen LogP) is 0.532. The molecule has 2 N–H and O–H groups in total. The second-order valence-electron chi connectivity index (χ2n) is 3.21. The maximum atomic E-state index is 4.04. The number of rotatable bonds is 5. The fraction of sp³-hybridized carbons (Fsp3) is 0.300. The Morgan fingerprint density at radius 2 is 2.13 bits per heavy atom. The van der Waals surface area contributed by atoms with Crippen LogP contribution in [0.25, 0.3) is 0 Å². The van der Waals surface area contributed by atoms with Gasteiger partial charge in [-0.1, -0.05) is 0 Å². The van der Waals surface area contributed by atoms with Gasteiger partial charge in [-0.05, 0) is 17.7 Å². The van der Waals surface area contributed by atoms with Gasteiger partial charge in [-0.15, -0.1) is 0 Å². The number of nitrogens with zero attached hydrogens (tertiary/aromatic N) is 3. The Morgan fingerprint density at radius 1 is 1.27 bits per heavy atom. The molecule has 2 aromatic heterocycles. The van der Waals surface area contributed by atoms with E-state index in [1.807, 2.05) is 12.1 Å². The topological polar surface area (TPSA) is 66.5 Å². The quantitative estimate of drug-likeness (QED) is 0.696. The molecule has 0 aliphatic rings. The van der Waals surface area contributed by atoms with Crippen molar-refractivity contribution in [2.45, 2.75) is 13.0 Å².